The van der Waals surface area contributed by atoms with Gasteiger partial charge in [0.2, 0.25) is 0 Å². The van der Waals surface area contributed by atoms with E-state index in [1.807, 2.05) is 18.2 Å². The van der Waals surface area contributed by atoms with Gasteiger partial charge < -0.3 is 10.6 Å². The zero-order valence-electron chi connectivity index (χ0n) is 21.2. The first-order chi connectivity index (χ1) is 18.7. The van der Waals surface area contributed by atoms with Crippen molar-refractivity contribution in [3.05, 3.63) is 109 Å². The van der Waals surface area contributed by atoms with Crippen molar-refractivity contribution in [1.29, 1.82) is 0 Å². The number of nitrogens with zero attached hydrogens (tertiary/aromatic N) is 2. The van der Waals surface area contributed by atoms with Crippen LogP contribution in [0.3, 0.4) is 0 Å². The lowest BCUT2D eigenvalue weighted by Gasteiger charge is -2.25. The molecule has 0 radical (unpaired) electrons. The van der Waals surface area contributed by atoms with Crippen molar-refractivity contribution in [1.82, 2.24) is 4.42 Å². The van der Waals surface area contributed by atoms with Crippen LogP contribution in [0.15, 0.2) is 108 Å². The number of hydrogen-bond acceptors (Lipinski definition) is 4. The van der Waals surface area contributed by atoms with Crippen LogP contribution in [0.4, 0.5) is 26.2 Å². The summed E-state index contributed by atoms with van der Waals surface area (Å²) in [5, 5.41) is 5.49. The number of carbonyl (C=O) groups is 1. The first-order valence-electron chi connectivity index (χ1n) is 12.2. The second-order valence-corrected chi connectivity index (χ2v) is 11.2. The van der Waals surface area contributed by atoms with Gasteiger partial charge in [-0.25, -0.2) is 22.0 Å². The van der Waals surface area contributed by atoms with E-state index in [4.69, 9.17) is 11.8 Å². The van der Waals surface area contributed by atoms with E-state index in [2.05, 4.69) is 10.6 Å². The molecule has 0 saturated heterocycles. The van der Waals surface area contributed by atoms with Crippen molar-refractivity contribution in [3.8, 4) is 11.1 Å². The molecule has 0 aliphatic heterocycles. The summed E-state index contributed by atoms with van der Waals surface area (Å²) in [5.74, 6) is -0.367. The normalized spacial score (nSPS) is 11.3. The molecule has 0 bridgehead atoms. The maximum atomic E-state index is 13.9. The average molecular weight is 567 g/mol. The summed E-state index contributed by atoms with van der Waals surface area (Å²) in [7, 11) is -2.27. The van der Waals surface area contributed by atoms with E-state index >= 15 is 0 Å². The smallest absolute Gasteiger partial charge is 0.308 e. The average Bonchev–Trinajstić information content (AvgIpc) is 2.92. The first-order valence-corrected chi connectivity index (χ1v) is 14.0. The Morgan fingerprint density at radius 1 is 0.795 bits per heavy atom. The number of hydrogen-bond donors (Lipinski definition) is 2. The maximum Gasteiger partial charge on any atom is 0.323 e. The fraction of sp³-hybridized carbons (Fsp3) is 0.138. The van der Waals surface area contributed by atoms with Crippen LogP contribution in [-0.4, -0.2) is 39.0 Å². The van der Waals surface area contributed by atoms with E-state index < -0.39 is 16.1 Å². The molecule has 10 heteroatoms. The van der Waals surface area contributed by atoms with Gasteiger partial charge >= 0.3 is 6.03 Å². The Morgan fingerprint density at radius 3 is 2.08 bits per heavy atom. The minimum atomic E-state index is -3.97. The van der Waals surface area contributed by atoms with Crippen LogP contribution in [0.2, 0.25) is 0 Å². The summed E-state index contributed by atoms with van der Waals surface area (Å²) in [5.41, 5.74) is 2.95. The number of halogens is 2. The number of anilines is 3. The molecule has 0 atom stereocenters. The fourth-order valence-corrected chi connectivity index (χ4v) is 5.62. The molecule has 0 spiro atoms. The first kappa shape index (κ1) is 28.1. The number of nitrogens with one attached hydrogen (secondary N) is 2. The standard InChI is InChI=1S/C29H28ClFN4O3S/c1-34(30)19-6-20-35(27-17-15-26(16-18-27)33-29(36)32-25-8-3-2-4-9-25)39(37,38)28-10-5-7-23(21-28)22-11-13-24(31)14-12-22/h2-5,7-18,21H,6,19-20H2,1H3,(H2,32,33,36). The molecule has 0 aliphatic carbocycles. The van der Waals surface area contributed by atoms with E-state index in [1.165, 1.54) is 26.9 Å². The molecule has 4 aromatic carbocycles. The van der Waals surface area contributed by atoms with Gasteiger partial charge in [-0.05, 0) is 90.0 Å². The van der Waals surface area contributed by atoms with Gasteiger partial charge in [-0.15, -0.1) is 0 Å². The van der Waals surface area contributed by atoms with Crippen LogP contribution in [0.5, 0.6) is 0 Å². The Morgan fingerprint density at radius 2 is 1.44 bits per heavy atom. The molecule has 0 aliphatic rings. The van der Waals surface area contributed by atoms with Gasteiger partial charge in [0.1, 0.15) is 5.82 Å². The molecule has 0 fully saturated rings. The lowest BCUT2D eigenvalue weighted by atomic mass is 10.1. The van der Waals surface area contributed by atoms with Gasteiger partial charge in [0, 0.05) is 31.5 Å². The molecule has 0 heterocycles. The number of rotatable bonds is 10. The molecule has 0 aromatic heterocycles. The Hall–Kier alpha value is -3.92. The Kier molecular flexibility index (Phi) is 9.19. The number of carbonyl (C=O) groups excluding carboxylic acids is 1. The number of urea groups is 1. The lowest BCUT2D eigenvalue weighted by Crippen LogP contribution is -2.33. The molecule has 4 rings (SSSR count). The van der Waals surface area contributed by atoms with Gasteiger partial charge in [-0.3, -0.25) is 4.31 Å². The third-order valence-electron chi connectivity index (χ3n) is 5.87. The summed E-state index contributed by atoms with van der Waals surface area (Å²) in [6.45, 7) is 0.657. The summed E-state index contributed by atoms with van der Waals surface area (Å²) in [4.78, 5) is 12.5. The van der Waals surface area contributed by atoms with Crippen LogP contribution in [0.25, 0.3) is 11.1 Å². The Bertz CT molecular complexity index is 1500. The van der Waals surface area contributed by atoms with E-state index in [1.54, 1.807) is 73.8 Å². The zero-order valence-corrected chi connectivity index (χ0v) is 22.8. The van der Waals surface area contributed by atoms with Crippen molar-refractivity contribution in [3.63, 3.8) is 0 Å². The predicted molar refractivity (Wildman–Crippen MR) is 155 cm³/mol. The second-order valence-electron chi connectivity index (χ2n) is 8.79. The molecular weight excluding hydrogens is 539 g/mol. The molecule has 2 N–H and O–H groups in total. The maximum absolute atomic E-state index is 13.9. The van der Waals surface area contributed by atoms with E-state index in [0.29, 0.717) is 41.2 Å². The highest BCUT2D eigenvalue weighted by Crippen LogP contribution is 2.29. The van der Waals surface area contributed by atoms with E-state index in [9.17, 15) is 17.6 Å². The third-order valence-corrected chi connectivity index (χ3v) is 7.86. The van der Waals surface area contributed by atoms with Crippen molar-refractivity contribution >= 4 is 44.9 Å². The second kappa shape index (κ2) is 12.8. The molecule has 7 nitrogen and oxygen atoms in total. The number of amides is 2. The molecule has 4 aromatic rings. The fourth-order valence-electron chi connectivity index (χ4n) is 3.95. The quantitative estimate of drug-likeness (QED) is 0.207. The highest BCUT2D eigenvalue weighted by molar-refractivity contribution is 7.92. The summed E-state index contributed by atoms with van der Waals surface area (Å²) < 4.78 is 43.9. The van der Waals surface area contributed by atoms with Crippen LogP contribution < -0.4 is 14.9 Å². The van der Waals surface area contributed by atoms with Gasteiger partial charge in [-0.2, -0.15) is 0 Å². The van der Waals surface area contributed by atoms with Crippen molar-refractivity contribution < 1.29 is 17.6 Å². The van der Waals surface area contributed by atoms with Crippen LogP contribution in [-0.2, 0) is 10.0 Å². The topological polar surface area (TPSA) is 81.8 Å². The molecule has 202 valence electrons. The summed E-state index contributed by atoms with van der Waals surface area (Å²) in [6.07, 6.45) is 0.483. The number of sulfonamides is 1. The van der Waals surface area contributed by atoms with Crippen molar-refractivity contribution in [2.75, 3.05) is 35.1 Å². The highest BCUT2D eigenvalue weighted by Gasteiger charge is 2.25. The molecule has 39 heavy (non-hydrogen) atoms. The predicted octanol–water partition coefficient (Wildman–Crippen LogP) is 6.81. The number of benzene rings is 4. The summed E-state index contributed by atoms with van der Waals surface area (Å²) >= 11 is 5.96. The van der Waals surface area contributed by atoms with Gasteiger partial charge in [0.05, 0.1) is 10.6 Å². The summed E-state index contributed by atoms with van der Waals surface area (Å²) in [6, 6.07) is 27.6. The van der Waals surface area contributed by atoms with E-state index in [0.717, 1.165) is 0 Å². The monoisotopic (exact) mass is 566 g/mol. The van der Waals surface area contributed by atoms with Gasteiger partial charge in [0.25, 0.3) is 10.0 Å². The highest BCUT2D eigenvalue weighted by atomic mass is 35.5. The number of para-hydroxylation sites is 1. The molecular formula is C29H28ClFN4O3S. The Balaban J connectivity index is 1.58. The van der Waals surface area contributed by atoms with Crippen molar-refractivity contribution in [2.24, 2.45) is 0 Å². The van der Waals surface area contributed by atoms with Crippen LogP contribution >= 0.6 is 11.8 Å². The minimum Gasteiger partial charge on any atom is -0.308 e. The third kappa shape index (κ3) is 7.57. The largest absolute Gasteiger partial charge is 0.323 e. The molecule has 0 saturated carbocycles. The minimum absolute atomic E-state index is 0.105. The van der Waals surface area contributed by atoms with Crippen LogP contribution in [0.1, 0.15) is 6.42 Å². The van der Waals surface area contributed by atoms with Crippen LogP contribution in [0, 0.1) is 5.82 Å². The Labute approximate surface area is 233 Å². The zero-order chi connectivity index (χ0) is 27.8. The lowest BCUT2D eigenvalue weighted by molar-refractivity contribution is 0.262. The SMILES string of the molecule is CN(Cl)CCCN(c1ccc(NC(=O)Nc2ccccc2)cc1)S(=O)(=O)c1cccc(-c2ccc(F)cc2)c1. The van der Waals surface area contributed by atoms with Gasteiger partial charge in [0.15, 0.2) is 0 Å². The molecule has 2 amide bonds. The van der Waals surface area contributed by atoms with E-state index in [-0.39, 0.29) is 17.3 Å². The molecule has 0 unspecified atom stereocenters. The van der Waals surface area contributed by atoms with Crippen molar-refractivity contribution in [2.45, 2.75) is 11.3 Å². The van der Waals surface area contributed by atoms with Gasteiger partial charge in [-0.1, -0.05) is 42.5 Å².